The highest BCUT2D eigenvalue weighted by atomic mass is 19.4. The molecule has 1 aromatic heterocycles. The van der Waals surface area contributed by atoms with Gasteiger partial charge in [-0.25, -0.2) is 10.5 Å². The van der Waals surface area contributed by atoms with Gasteiger partial charge in [0, 0.05) is 6.08 Å². The minimum atomic E-state index is -4.76. The first-order valence-corrected chi connectivity index (χ1v) is 8.39. The van der Waals surface area contributed by atoms with Crippen molar-refractivity contribution >= 4 is 11.8 Å². The van der Waals surface area contributed by atoms with Gasteiger partial charge in [-0.3, -0.25) is 14.4 Å². The number of amides is 2. The Kier molecular flexibility index (Phi) is 6.06. The van der Waals surface area contributed by atoms with Crippen LogP contribution in [0, 0.1) is 0 Å². The highest BCUT2D eigenvalue weighted by molar-refractivity contribution is 5.94. The molecule has 0 saturated heterocycles. The average molecular weight is 424 g/mol. The predicted octanol–water partition coefficient (Wildman–Crippen LogP) is 1.69. The van der Waals surface area contributed by atoms with E-state index < -0.39 is 24.3 Å². The van der Waals surface area contributed by atoms with Crippen LogP contribution in [0.2, 0.25) is 0 Å². The molecule has 12 heteroatoms. The van der Waals surface area contributed by atoms with E-state index in [-0.39, 0.29) is 23.9 Å². The maximum atomic E-state index is 12.2. The number of benzene rings is 1. The monoisotopic (exact) mass is 424 g/mol. The maximum Gasteiger partial charge on any atom is 0.573 e. The third-order valence-electron chi connectivity index (χ3n) is 3.65. The van der Waals surface area contributed by atoms with E-state index >= 15 is 0 Å². The number of ether oxygens (including phenoxy) is 2. The number of rotatable bonds is 7. The summed E-state index contributed by atoms with van der Waals surface area (Å²) in [4.78, 5) is 31.7. The number of carbonyl (C=O) groups is 2. The molecule has 9 nitrogen and oxygen atoms in total. The standard InChI is InChI=1S/C18H15F3N4O5/c19-18(20,21)29-11-3-1-10(2-4-11)14-7-16(25-30-14)28-12-5-6-13(23-8-12)17(27)24-9-15(22)26/h1-8,14,25H,9H2,(H2,22,26)(H,24,27)/t14-/m1/s1. The molecule has 2 amide bonds. The van der Waals surface area contributed by atoms with Crippen LogP contribution >= 0.6 is 0 Å². The zero-order chi connectivity index (χ0) is 21.7. The molecule has 0 aliphatic carbocycles. The summed E-state index contributed by atoms with van der Waals surface area (Å²) in [7, 11) is 0. The highest BCUT2D eigenvalue weighted by Gasteiger charge is 2.31. The lowest BCUT2D eigenvalue weighted by atomic mass is 10.1. The van der Waals surface area contributed by atoms with Crippen LogP contribution < -0.4 is 26.0 Å². The summed E-state index contributed by atoms with van der Waals surface area (Å²) in [6.45, 7) is -0.308. The van der Waals surface area contributed by atoms with Crippen molar-refractivity contribution < 1.29 is 37.1 Å². The van der Waals surface area contributed by atoms with Crippen molar-refractivity contribution in [2.45, 2.75) is 12.5 Å². The molecule has 2 aromatic rings. The van der Waals surface area contributed by atoms with E-state index in [1.54, 1.807) is 6.08 Å². The molecule has 0 unspecified atom stereocenters. The summed E-state index contributed by atoms with van der Waals surface area (Å²) in [6, 6.07) is 8.06. The molecule has 1 aliphatic heterocycles. The maximum absolute atomic E-state index is 12.2. The van der Waals surface area contributed by atoms with Gasteiger partial charge in [0.25, 0.3) is 5.91 Å². The number of hydrogen-bond donors (Lipinski definition) is 3. The van der Waals surface area contributed by atoms with E-state index in [0.29, 0.717) is 11.3 Å². The third-order valence-corrected chi connectivity index (χ3v) is 3.65. The Bertz CT molecular complexity index is 946. The van der Waals surface area contributed by atoms with Crippen LogP contribution in [-0.4, -0.2) is 29.7 Å². The van der Waals surface area contributed by atoms with Gasteiger partial charge in [-0.05, 0) is 29.8 Å². The number of carbonyl (C=O) groups excluding carboxylic acids is 2. The molecule has 0 spiro atoms. The van der Waals surface area contributed by atoms with Gasteiger partial charge in [0.1, 0.15) is 23.3 Å². The second kappa shape index (κ2) is 8.69. The second-order valence-electron chi connectivity index (χ2n) is 5.92. The fourth-order valence-electron chi connectivity index (χ4n) is 2.37. The van der Waals surface area contributed by atoms with Gasteiger partial charge in [0.05, 0.1) is 12.7 Å². The van der Waals surface area contributed by atoms with Crippen LogP contribution in [-0.2, 0) is 9.63 Å². The first-order valence-electron chi connectivity index (χ1n) is 8.39. The number of aromatic nitrogens is 1. The smallest absolute Gasteiger partial charge is 0.438 e. The Hall–Kier alpha value is -3.80. The van der Waals surface area contributed by atoms with E-state index in [0.717, 1.165) is 0 Å². The Morgan fingerprint density at radius 3 is 2.47 bits per heavy atom. The lowest BCUT2D eigenvalue weighted by molar-refractivity contribution is -0.274. The molecule has 30 heavy (non-hydrogen) atoms. The molecule has 3 rings (SSSR count). The summed E-state index contributed by atoms with van der Waals surface area (Å²) in [5, 5.41) is 2.30. The highest BCUT2D eigenvalue weighted by Crippen LogP contribution is 2.28. The van der Waals surface area contributed by atoms with Crippen molar-refractivity contribution in [1.82, 2.24) is 15.8 Å². The van der Waals surface area contributed by atoms with E-state index in [9.17, 15) is 22.8 Å². The van der Waals surface area contributed by atoms with Crippen LogP contribution in [0.3, 0.4) is 0 Å². The molecule has 1 atom stereocenters. The van der Waals surface area contributed by atoms with Crippen LogP contribution in [0.1, 0.15) is 22.2 Å². The summed E-state index contributed by atoms with van der Waals surface area (Å²) < 4.78 is 46.0. The topological polar surface area (TPSA) is 125 Å². The Morgan fingerprint density at radius 1 is 1.17 bits per heavy atom. The predicted molar refractivity (Wildman–Crippen MR) is 94.6 cm³/mol. The van der Waals surface area contributed by atoms with Crippen molar-refractivity contribution in [3.8, 4) is 11.5 Å². The number of alkyl halides is 3. The SMILES string of the molecule is NC(=O)CNC(=O)c1ccc(OC2=C[C@H](c3ccc(OC(F)(F)F)cc3)ON2)cn1. The van der Waals surface area contributed by atoms with Gasteiger partial charge in [0.2, 0.25) is 11.8 Å². The average Bonchev–Trinajstić information content (AvgIpc) is 3.14. The van der Waals surface area contributed by atoms with Crippen molar-refractivity contribution in [2.75, 3.05) is 6.54 Å². The quantitative estimate of drug-likeness (QED) is 0.618. The molecule has 0 bridgehead atoms. The Labute approximate surface area is 167 Å². The first-order chi connectivity index (χ1) is 14.2. The van der Waals surface area contributed by atoms with Crippen molar-refractivity contribution in [3.63, 3.8) is 0 Å². The minimum absolute atomic E-state index is 0.0623. The Morgan fingerprint density at radius 2 is 1.87 bits per heavy atom. The second-order valence-corrected chi connectivity index (χ2v) is 5.92. The first kappa shape index (κ1) is 20.9. The lowest BCUT2D eigenvalue weighted by Gasteiger charge is -2.11. The van der Waals surface area contributed by atoms with E-state index in [1.165, 1.54) is 42.6 Å². The number of nitrogens with zero attached hydrogens (tertiary/aromatic N) is 1. The zero-order valence-electron chi connectivity index (χ0n) is 15.1. The number of hydroxylamine groups is 1. The number of halogens is 3. The molecule has 2 heterocycles. The van der Waals surface area contributed by atoms with E-state index in [4.69, 9.17) is 15.3 Å². The minimum Gasteiger partial charge on any atom is -0.438 e. The van der Waals surface area contributed by atoms with Gasteiger partial charge in [-0.2, -0.15) is 0 Å². The van der Waals surface area contributed by atoms with Gasteiger partial charge in [-0.15, -0.1) is 13.2 Å². The van der Waals surface area contributed by atoms with E-state index in [2.05, 4.69) is 20.5 Å². The van der Waals surface area contributed by atoms with E-state index in [1.807, 2.05) is 0 Å². The molecular formula is C18H15F3N4O5. The van der Waals surface area contributed by atoms with Crippen LogP contribution in [0.5, 0.6) is 11.5 Å². The molecular weight excluding hydrogens is 409 g/mol. The zero-order valence-corrected chi connectivity index (χ0v) is 15.1. The van der Waals surface area contributed by atoms with Crippen molar-refractivity contribution in [3.05, 3.63) is 65.8 Å². The van der Waals surface area contributed by atoms with Gasteiger partial charge < -0.3 is 20.5 Å². The van der Waals surface area contributed by atoms with Gasteiger partial charge in [0.15, 0.2) is 0 Å². The third kappa shape index (κ3) is 5.85. The van der Waals surface area contributed by atoms with Gasteiger partial charge in [-0.1, -0.05) is 12.1 Å². The normalized spacial score (nSPS) is 15.7. The number of nitrogens with one attached hydrogen (secondary N) is 2. The van der Waals surface area contributed by atoms with Gasteiger partial charge >= 0.3 is 6.36 Å². The fourth-order valence-corrected chi connectivity index (χ4v) is 2.37. The number of nitrogens with two attached hydrogens (primary N) is 1. The van der Waals surface area contributed by atoms with Crippen molar-refractivity contribution in [2.24, 2.45) is 5.73 Å². The molecule has 4 N–H and O–H groups in total. The number of pyridine rings is 1. The fraction of sp³-hybridized carbons (Fsp3) is 0.167. The number of hydrogen-bond acceptors (Lipinski definition) is 7. The summed E-state index contributed by atoms with van der Waals surface area (Å²) in [6.07, 6.45) is -2.52. The summed E-state index contributed by atoms with van der Waals surface area (Å²) in [5.74, 6) is -1.08. The number of primary amides is 1. The molecule has 1 aromatic carbocycles. The summed E-state index contributed by atoms with van der Waals surface area (Å²) >= 11 is 0. The summed E-state index contributed by atoms with van der Waals surface area (Å²) in [5.41, 5.74) is 8.12. The molecule has 158 valence electrons. The molecule has 0 fully saturated rings. The Balaban J connectivity index is 1.58. The van der Waals surface area contributed by atoms with Crippen molar-refractivity contribution in [1.29, 1.82) is 0 Å². The molecule has 0 radical (unpaired) electrons. The largest absolute Gasteiger partial charge is 0.573 e. The molecule has 1 aliphatic rings. The van der Waals surface area contributed by atoms with Crippen LogP contribution in [0.15, 0.2) is 54.6 Å². The molecule has 0 saturated carbocycles. The van der Waals surface area contributed by atoms with Crippen LogP contribution in [0.4, 0.5) is 13.2 Å². The van der Waals surface area contributed by atoms with Crippen LogP contribution in [0.25, 0.3) is 0 Å². The lowest BCUT2D eigenvalue weighted by Crippen LogP contribution is -2.33.